The lowest BCUT2D eigenvalue weighted by Gasteiger charge is -2.62. The number of fused-ring (bicyclic) bond motifs is 4. The van der Waals surface area contributed by atoms with E-state index in [-0.39, 0.29) is 17.9 Å². The third-order valence-corrected chi connectivity index (χ3v) is 10.3. The molecular formula is C33H31N3O3. The standard InChI is InChI=1S/C33H31N3O3/c37-26-11-8-21-16-27-33(38)17-24-23-15-19(6-9-22-3-1-2-13-34-22)7-10-25(23)35-29(24)31-32(33,28(21)30(26)39-31)12-14-36(27)18-20-4-5-20/h1-3,6-11,13,15,20,27,31,35,37-38H,4-5,12,14,16-18H2/b9-6+/t27-,31-,32+,33-/m1/s1. The first-order valence-corrected chi connectivity index (χ1v) is 14.3. The van der Waals surface area contributed by atoms with E-state index in [2.05, 4.69) is 45.2 Å². The van der Waals surface area contributed by atoms with Crippen LogP contribution in [-0.4, -0.2) is 49.8 Å². The van der Waals surface area contributed by atoms with Gasteiger partial charge in [0.05, 0.1) is 22.4 Å². The molecule has 4 atom stereocenters. The Bertz CT molecular complexity index is 1690. The molecule has 9 rings (SSSR count). The molecule has 2 aromatic heterocycles. The minimum Gasteiger partial charge on any atom is -0.504 e. The average molecular weight is 518 g/mol. The van der Waals surface area contributed by atoms with Crippen molar-refractivity contribution in [3.05, 3.63) is 88.4 Å². The number of aliphatic hydroxyl groups is 1. The highest BCUT2D eigenvalue weighted by Crippen LogP contribution is 2.69. The molecule has 196 valence electrons. The number of nitrogens with one attached hydrogen (secondary N) is 1. The first kappa shape index (κ1) is 22.2. The fourth-order valence-electron chi connectivity index (χ4n) is 8.40. The van der Waals surface area contributed by atoms with Gasteiger partial charge in [-0.05, 0) is 91.2 Å². The van der Waals surface area contributed by atoms with Gasteiger partial charge in [0.25, 0.3) is 0 Å². The van der Waals surface area contributed by atoms with E-state index >= 15 is 0 Å². The third-order valence-electron chi connectivity index (χ3n) is 10.3. The van der Waals surface area contributed by atoms with Crippen LogP contribution in [0.3, 0.4) is 0 Å². The van der Waals surface area contributed by atoms with Crippen molar-refractivity contribution < 1.29 is 14.9 Å². The van der Waals surface area contributed by atoms with Gasteiger partial charge in [-0.25, -0.2) is 0 Å². The lowest BCUT2D eigenvalue weighted by atomic mass is 9.49. The van der Waals surface area contributed by atoms with Crippen molar-refractivity contribution in [2.45, 2.75) is 55.3 Å². The maximum Gasteiger partial charge on any atom is 0.166 e. The topological polar surface area (TPSA) is 81.6 Å². The number of hydrogen-bond donors (Lipinski definition) is 3. The number of likely N-dealkylation sites (tertiary alicyclic amines) is 1. The molecule has 5 aliphatic rings. The second kappa shape index (κ2) is 7.52. The molecule has 39 heavy (non-hydrogen) atoms. The molecule has 2 aromatic carbocycles. The van der Waals surface area contributed by atoms with Crippen LogP contribution >= 0.6 is 0 Å². The highest BCUT2D eigenvalue weighted by Gasteiger charge is 2.72. The highest BCUT2D eigenvalue weighted by atomic mass is 16.5. The van der Waals surface area contributed by atoms with Gasteiger partial charge in [0, 0.05) is 41.7 Å². The SMILES string of the molecule is Oc1ccc2c3c1O[C@@H]1c4[nH]c5ccc(/C=C/c6ccccn6)cc5c4C[C@@]4(O)[C@@H](C2)N(CC2CC2)CC[C@]314. The summed E-state index contributed by atoms with van der Waals surface area (Å²) < 4.78 is 6.71. The second-order valence-corrected chi connectivity index (χ2v) is 12.3. The summed E-state index contributed by atoms with van der Waals surface area (Å²) in [6, 6.07) is 16.3. The molecule has 0 radical (unpaired) electrons. The van der Waals surface area contributed by atoms with E-state index in [0.29, 0.717) is 12.2 Å². The summed E-state index contributed by atoms with van der Waals surface area (Å²) in [5, 5.41) is 25.1. The number of hydrogen-bond acceptors (Lipinski definition) is 5. The number of aromatic nitrogens is 2. The minimum atomic E-state index is -0.973. The molecule has 1 saturated carbocycles. The number of ether oxygens (including phenoxy) is 1. The summed E-state index contributed by atoms with van der Waals surface area (Å²) in [6.45, 7) is 2.02. The first-order chi connectivity index (χ1) is 19.0. The number of pyridine rings is 1. The van der Waals surface area contributed by atoms with Crippen LogP contribution in [0.5, 0.6) is 11.5 Å². The lowest BCUT2D eigenvalue weighted by Crippen LogP contribution is -2.74. The Morgan fingerprint density at radius 1 is 1.13 bits per heavy atom. The summed E-state index contributed by atoms with van der Waals surface area (Å²) in [5.74, 6) is 1.52. The Morgan fingerprint density at radius 3 is 2.90 bits per heavy atom. The smallest absolute Gasteiger partial charge is 0.166 e. The molecule has 4 heterocycles. The number of benzene rings is 2. The van der Waals surface area contributed by atoms with Crippen molar-refractivity contribution in [2.24, 2.45) is 5.92 Å². The number of H-pyrrole nitrogens is 1. The van der Waals surface area contributed by atoms with Crippen molar-refractivity contribution in [3.63, 3.8) is 0 Å². The molecule has 0 amide bonds. The zero-order valence-electron chi connectivity index (χ0n) is 21.7. The normalized spacial score (nSPS) is 30.4. The van der Waals surface area contributed by atoms with Crippen LogP contribution in [0.25, 0.3) is 23.1 Å². The van der Waals surface area contributed by atoms with Crippen molar-refractivity contribution in [2.75, 3.05) is 13.1 Å². The summed E-state index contributed by atoms with van der Waals surface area (Å²) in [6.07, 6.45) is 10.4. The number of phenolic OH excluding ortho intramolecular Hbond substituents is 1. The third kappa shape index (κ3) is 2.86. The van der Waals surface area contributed by atoms with Gasteiger partial charge in [-0.15, -0.1) is 0 Å². The van der Waals surface area contributed by atoms with Crippen molar-refractivity contribution in [1.82, 2.24) is 14.9 Å². The molecule has 3 N–H and O–H groups in total. The molecule has 6 nitrogen and oxygen atoms in total. The van der Waals surface area contributed by atoms with Crippen molar-refractivity contribution in [1.29, 1.82) is 0 Å². The fourth-order valence-corrected chi connectivity index (χ4v) is 8.40. The number of piperidine rings is 1. The molecule has 1 spiro atoms. The fraction of sp³-hybridized carbons (Fsp3) is 0.364. The molecular weight excluding hydrogens is 486 g/mol. The summed E-state index contributed by atoms with van der Waals surface area (Å²) in [4.78, 5) is 10.7. The lowest BCUT2D eigenvalue weighted by molar-refractivity contribution is -0.173. The zero-order chi connectivity index (χ0) is 25.9. The summed E-state index contributed by atoms with van der Waals surface area (Å²) in [5.41, 5.74) is 6.02. The maximum atomic E-state index is 13.0. The van der Waals surface area contributed by atoms with Crippen LogP contribution in [0.2, 0.25) is 0 Å². The monoisotopic (exact) mass is 517 g/mol. The molecule has 0 unspecified atom stereocenters. The van der Waals surface area contributed by atoms with Crippen LogP contribution in [-0.2, 0) is 18.3 Å². The number of phenols is 1. The van der Waals surface area contributed by atoms with Gasteiger partial charge < -0.3 is 19.9 Å². The number of rotatable bonds is 4. The van der Waals surface area contributed by atoms with Gasteiger partial charge in [0.2, 0.25) is 0 Å². The van der Waals surface area contributed by atoms with Crippen LogP contribution in [0.1, 0.15) is 59.0 Å². The zero-order valence-corrected chi connectivity index (χ0v) is 21.7. The largest absolute Gasteiger partial charge is 0.504 e. The van der Waals surface area contributed by atoms with E-state index in [4.69, 9.17) is 4.74 Å². The molecule has 6 heteroatoms. The van der Waals surface area contributed by atoms with E-state index in [1.807, 2.05) is 24.3 Å². The van der Waals surface area contributed by atoms with Crippen LogP contribution in [0, 0.1) is 5.92 Å². The van der Waals surface area contributed by atoms with Gasteiger partial charge in [0.1, 0.15) is 0 Å². The Labute approximate surface area is 227 Å². The Morgan fingerprint density at radius 2 is 2.05 bits per heavy atom. The van der Waals surface area contributed by atoms with Gasteiger partial charge in [-0.3, -0.25) is 9.88 Å². The molecule has 2 fully saturated rings. The van der Waals surface area contributed by atoms with Gasteiger partial charge in [0.15, 0.2) is 17.6 Å². The number of aromatic hydroxyl groups is 1. The van der Waals surface area contributed by atoms with Gasteiger partial charge >= 0.3 is 0 Å². The van der Waals surface area contributed by atoms with E-state index in [1.165, 1.54) is 18.4 Å². The van der Waals surface area contributed by atoms with E-state index < -0.39 is 11.0 Å². The van der Waals surface area contributed by atoms with E-state index in [1.54, 1.807) is 12.3 Å². The molecule has 4 aromatic rings. The Kier molecular flexibility index (Phi) is 4.29. The minimum absolute atomic E-state index is 0.0336. The number of aromatic amines is 1. The molecule has 2 bridgehead atoms. The summed E-state index contributed by atoms with van der Waals surface area (Å²) >= 11 is 0. The van der Waals surface area contributed by atoms with Gasteiger partial charge in [-0.1, -0.05) is 24.3 Å². The highest BCUT2D eigenvalue weighted by molar-refractivity contribution is 5.89. The maximum absolute atomic E-state index is 13.0. The van der Waals surface area contributed by atoms with Gasteiger partial charge in [-0.2, -0.15) is 0 Å². The van der Waals surface area contributed by atoms with Crippen molar-refractivity contribution >= 4 is 23.1 Å². The average Bonchev–Trinajstić information content (AvgIpc) is 3.59. The van der Waals surface area contributed by atoms with Crippen LogP contribution in [0.4, 0.5) is 0 Å². The second-order valence-electron chi connectivity index (χ2n) is 12.3. The van der Waals surface area contributed by atoms with Crippen LogP contribution < -0.4 is 4.74 Å². The van der Waals surface area contributed by atoms with E-state index in [9.17, 15) is 10.2 Å². The molecule has 3 aliphatic carbocycles. The Balaban J connectivity index is 1.22. The molecule has 2 aliphatic heterocycles. The summed E-state index contributed by atoms with van der Waals surface area (Å²) in [7, 11) is 0. The Hall–Kier alpha value is -3.61. The van der Waals surface area contributed by atoms with Crippen molar-refractivity contribution in [3.8, 4) is 11.5 Å². The predicted molar refractivity (Wildman–Crippen MR) is 150 cm³/mol. The first-order valence-electron chi connectivity index (χ1n) is 14.3. The van der Waals surface area contributed by atoms with E-state index in [0.717, 1.165) is 70.8 Å². The predicted octanol–water partition coefficient (Wildman–Crippen LogP) is 5.14. The quantitative estimate of drug-likeness (QED) is 0.349. The van der Waals surface area contributed by atoms with Crippen LogP contribution in [0.15, 0.2) is 54.7 Å². The number of nitrogens with zero attached hydrogens (tertiary/aromatic N) is 2. The molecule has 1 saturated heterocycles.